The fraction of sp³-hybridized carbons (Fsp3) is 0.500. The average Bonchev–Trinajstić information content (AvgIpc) is 1.80. The van der Waals surface area contributed by atoms with Gasteiger partial charge in [0.25, 0.3) is 5.56 Å². The molecule has 6 unspecified atom stereocenters. The van der Waals surface area contributed by atoms with Crippen molar-refractivity contribution in [3.05, 3.63) is 124 Å². The number of carbonyl (C=O) groups excluding carboxylic acids is 5. The van der Waals surface area contributed by atoms with Crippen molar-refractivity contribution in [2.75, 3.05) is 59.1 Å². The smallest absolute Gasteiger partial charge is 0.303 e. The van der Waals surface area contributed by atoms with Crippen LogP contribution in [0.2, 0.25) is 0 Å². The van der Waals surface area contributed by atoms with Crippen LogP contribution in [0, 0.1) is 11.8 Å². The zero-order valence-electron chi connectivity index (χ0n) is 49.8. The van der Waals surface area contributed by atoms with Gasteiger partial charge in [0, 0.05) is 52.2 Å². The lowest BCUT2D eigenvalue weighted by Crippen LogP contribution is -2.58. The Balaban J connectivity index is 0.874. The van der Waals surface area contributed by atoms with Gasteiger partial charge in [0.05, 0.1) is 59.7 Å². The molecule has 4 N–H and O–H groups in total. The Kier molecular flexibility index (Phi) is 22.7. The van der Waals surface area contributed by atoms with Crippen LogP contribution in [-0.4, -0.2) is 166 Å². The molecule has 5 heterocycles. The Morgan fingerprint density at radius 2 is 1.45 bits per heavy atom. The fourth-order valence-electron chi connectivity index (χ4n) is 10.1. The van der Waals surface area contributed by atoms with Gasteiger partial charge in [0.1, 0.15) is 59.9 Å². The lowest BCUT2D eigenvalue weighted by molar-refractivity contribution is -0.288. The van der Waals surface area contributed by atoms with Crippen LogP contribution in [0.25, 0.3) is 11.2 Å². The van der Waals surface area contributed by atoms with Crippen LogP contribution in [0.15, 0.2) is 96.2 Å². The number of anilines is 1. The minimum atomic E-state index is -1.36. The number of imidazole rings is 1. The van der Waals surface area contributed by atoms with E-state index in [0.29, 0.717) is 36.6 Å². The summed E-state index contributed by atoms with van der Waals surface area (Å²) in [5, 5.41) is 26.4. The van der Waals surface area contributed by atoms with E-state index in [9.17, 15) is 33.9 Å². The molecule has 87 heavy (non-hydrogen) atoms. The maximum atomic E-state index is 13.4. The number of ether oxygens (including phenoxy) is 11. The number of carbonyl (C=O) groups is 5. The third kappa shape index (κ3) is 16.5. The van der Waals surface area contributed by atoms with Crippen molar-refractivity contribution >= 4 is 46.8 Å². The second-order valence-corrected chi connectivity index (χ2v) is 21.1. The first kappa shape index (κ1) is 64.8. The molecule has 8 rings (SSSR count). The lowest BCUT2D eigenvalue weighted by Gasteiger charge is -2.43. The molecular formula is C60H75N9O18. The third-order valence-corrected chi connectivity index (χ3v) is 14.5. The standard InChI is InChI=1S/C60H75N9O18/c1-35(2)55(75)64-59-63-54-49(56(76)65-59)62-34-69(54)57-53(50(74)46(86-57)33-83-60(40-14-10-9-11-15-40,41-17-21-44(77-7)22-18-41)42-19-23-45(78-8)24-20-42)82-31-43-30-68(67-66-43)26-29-79-28-25-61-48(73)16-12-13-27-80-58-36(3)51(84-38(5)71)52(85-39(6)72)47(87-58)32-81-37(4)70/h9-11,14-15,17-24,30,34-36,46-47,50-53,57-58,74H,12-13,16,25-29,31-33H2,1-8H3,(H,61,73)(H2,63,64,65,75,76)/t36?,46-,47?,50-,51?,52?,53?,57-,58?/m1/s1. The van der Waals surface area contributed by atoms with Crippen molar-refractivity contribution in [3.8, 4) is 11.5 Å². The number of esters is 3. The average molecular weight is 1210 g/mol. The van der Waals surface area contributed by atoms with Gasteiger partial charge in [0.15, 0.2) is 29.8 Å². The van der Waals surface area contributed by atoms with Gasteiger partial charge in [-0.2, -0.15) is 4.98 Å². The quantitative estimate of drug-likeness (QED) is 0.0212. The Morgan fingerprint density at radius 3 is 2.09 bits per heavy atom. The van der Waals surface area contributed by atoms with E-state index in [1.807, 2.05) is 78.9 Å². The Bertz CT molecular complexity index is 3260. The van der Waals surface area contributed by atoms with Gasteiger partial charge >= 0.3 is 17.9 Å². The number of benzene rings is 3. The largest absolute Gasteiger partial charge is 0.497 e. The number of aliphatic hydroxyl groups excluding tert-OH is 1. The predicted octanol–water partition coefficient (Wildman–Crippen LogP) is 4.28. The van der Waals surface area contributed by atoms with Gasteiger partial charge in [-0.1, -0.05) is 80.6 Å². The van der Waals surface area contributed by atoms with E-state index < -0.39 is 90.0 Å². The number of hydrogen-bond donors (Lipinski definition) is 4. The molecule has 0 saturated carbocycles. The minimum Gasteiger partial charge on any atom is -0.497 e. The van der Waals surface area contributed by atoms with Gasteiger partial charge in [-0.05, 0) is 53.8 Å². The number of aromatic amines is 1. The fourth-order valence-corrected chi connectivity index (χ4v) is 10.1. The van der Waals surface area contributed by atoms with Crippen LogP contribution in [0.1, 0.15) is 89.4 Å². The number of nitrogens with one attached hydrogen (secondary N) is 3. The summed E-state index contributed by atoms with van der Waals surface area (Å²) < 4.78 is 68.3. The molecule has 27 heteroatoms. The van der Waals surface area contributed by atoms with Gasteiger partial charge < -0.3 is 62.5 Å². The summed E-state index contributed by atoms with van der Waals surface area (Å²) in [4.78, 5) is 85.8. The highest BCUT2D eigenvalue weighted by Gasteiger charge is 2.50. The van der Waals surface area contributed by atoms with Crippen LogP contribution in [0.3, 0.4) is 0 Å². The van der Waals surface area contributed by atoms with Crippen molar-refractivity contribution in [3.63, 3.8) is 0 Å². The molecule has 0 spiro atoms. The third-order valence-electron chi connectivity index (χ3n) is 14.5. The summed E-state index contributed by atoms with van der Waals surface area (Å²) in [6.45, 7) is 9.41. The van der Waals surface area contributed by atoms with Crippen LogP contribution in [0.5, 0.6) is 11.5 Å². The molecule has 6 aromatic rings. The van der Waals surface area contributed by atoms with Crippen molar-refractivity contribution < 1.29 is 81.2 Å². The van der Waals surface area contributed by atoms with Crippen molar-refractivity contribution in [1.29, 1.82) is 0 Å². The second-order valence-electron chi connectivity index (χ2n) is 21.1. The number of amides is 2. The molecule has 3 aromatic carbocycles. The van der Waals surface area contributed by atoms with E-state index in [1.54, 1.807) is 45.9 Å². The van der Waals surface area contributed by atoms with E-state index in [0.717, 1.165) is 16.7 Å². The highest BCUT2D eigenvalue weighted by atomic mass is 16.7. The number of H-pyrrole nitrogens is 1. The molecule has 0 radical (unpaired) electrons. The first-order valence-electron chi connectivity index (χ1n) is 28.6. The number of fused-ring (bicyclic) bond motifs is 1. The topological polar surface area (TPSA) is 325 Å². The molecular weight excluding hydrogens is 1130 g/mol. The molecule has 468 valence electrons. The molecule has 3 aromatic heterocycles. The summed E-state index contributed by atoms with van der Waals surface area (Å²) in [6.07, 6.45) is -4.31. The van der Waals surface area contributed by atoms with Gasteiger partial charge in [-0.3, -0.25) is 43.6 Å². The van der Waals surface area contributed by atoms with Crippen LogP contribution in [-0.2, 0) is 85.4 Å². The van der Waals surface area contributed by atoms with E-state index in [2.05, 4.69) is 35.9 Å². The summed E-state index contributed by atoms with van der Waals surface area (Å²) >= 11 is 0. The summed E-state index contributed by atoms with van der Waals surface area (Å²) in [5.74, 6) is -2.17. The lowest BCUT2D eigenvalue weighted by atomic mass is 9.80. The molecule has 2 fully saturated rings. The number of nitrogens with zero attached hydrogens (tertiary/aromatic N) is 6. The number of hydrogen-bond acceptors (Lipinski definition) is 22. The van der Waals surface area contributed by atoms with Crippen molar-refractivity contribution in [2.24, 2.45) is 11.8 Å². The molecule has 2 amide bonds. The van der Waals surface area contributed by atoms with Crippen molar-refractivity contribution in [1.82, 2.24) is 39.8 Å². The van der Waals surface area contributed by atoms with Gasteiger partial charge in [-0.15, -0.1) is 5.10 Å². The SMILES string of the molecule is COc1ccc(C(OC[C@H]2O[C@@H](n3cnc4c(=O)[nH]c(NC(=O)C(C)C)nc43)C(OCc3cn(CCOCCNC(=O)CCCCOC4OC(COC(C)=O)C(OC(C)=O)C(OC(C)=O)C4C)nn3)[C@@H]2O)(c2ccccc2)c2ccc(OC)cc2)cc1. The Morgan fingerprint density at radius 1 is 0.782 bits per heavy atom. The molecule has 27 nitrogen and oxygen atoms in total. The van der Waals surface area contributed by atoms with Crippen LogP contribution in [0.4, 0.5) is 5.95 Å². The number of aliphatic hydroxyl groups is 1. The number of rotatable bonds is 30. The highest BCUT2D eigenvalue weighted by molar-refractivity contribution is 5.91. The van der Waals surface area contributed by atoms with Crippen LogP contribution >= 0.6 is 0 Å². The summed E-state index contributed by atoms with van der Waals surface area (Å²) in [5.41, 5.74) is 0.806. The van der Waals surface area contributed by atoms with Crippen molar-refractivity contribution in [2.45, 2.75) is 129 Å². The number of methoxy groups -OCH3 is 2. The Hall–Kier alpha value is -8.18. The monoisotopic (exact) mass is 1210 g/mol. The van der Waals surface area contributed by atoms with E-state index in [1.165, 1.54) is 31.7 Å². The normalized spacial score (nSPS) is 21.1. The molecule has 2 aliphatic heterocycles. The highest BCUT2D eigenvalue weighted by Crippen LogP contribution is 2.44. The first-order chi connectivity index (χ1) is 41.9. The van der Waals surface area contributed by atoms with E-state index in [-0.39, 0.29) is 81.5 Å². The molecule has 9 atom stereocenters. The molecule has 2 saturated heterocycles. The zero-order valence-corrected chi connectivity index (χ0v) is 49.8. The minimum absolute atomic E-state index is 0.0455. The Labute approximate surface area is 501 Å². The first-order valence-corrected chi connectivity index (χ1v) is 28.6. The number of aromatic nitrogens is 7. The second kappa shape index (κ2) is 30.4. The maximum absolute atomic E-state index is 13.4. The molecule has 0 aliphatic carbocycles. The zero-order chi connectivity index (χ0) is 62.2. The number of unbranched alkanes of at least 4 members (excludes halogenated alkanes) is 1. The van der Waals surface area contributed by atoms with E-state index >= 15 is 0 Å². The summed E-state index contributed by atoms with van der Waals surface area (Å²) in [7, 11) is 3.18. The maximum Gasteiger partial charge on any atom is 0.303 e. The van der Waals surface area contributed by atoms with Crippen LogP contribution < -0.4 is 25.7 Å². The van der Waals surface area contributed by atoms with E-state index in [4.69, 9.17) is 52.1 Å². The van der Waals surface area contributed by atoms with Gasteiger partial charge in [0.2, 0.25) is 17.8 Å². The summed E-state index contributed by atoms with van der Waals surface area (Å²) in [6, 6.07) is 24.7. The molecule has 0 bridgehead atoms. The predicted molar refractivity (Wildman–Crippen MR) is 308 cm³/mol. The van der Waals surface area contributed by atoms with Gasteiger partial charge in [-0.25, -0.2) is 9.67 Å². The molecule has 2 aliphatic rings.